The number of carboxylic acids is 1. The number of hydrogen-bond donors (Lipinski definition) is 1. The van der Waals surface area contributed by atoms with Crippen molar-refractivity contribution in [2.45, 2.75) is 91.6 Å². The average molecular weight is 552 g/mol. The van der Waals surface area contributed by atoms with Crippen LogP contribution in [0.15, 0.2) is 35.3 Å². The van der Waals surface area contributed by atoms with E-state index >= 15 is 0 Å². The minimum absolute atomic E-state index is 0.0921. The fourth-order valence-electron chi connectivity index (χ4n) is 5.23. The summed E-state index contributed by atoms with van der Waals surface area (Å²) in [6.45, 7) is 10.0. The van der Waals surface area contributed by atoms with Gasteiger partial charge in [-0.25, -0.2) is 4.79 Å². The zero-order valence-corrected chi connectivity index (χ0v) is 24.1. The number of rotatable bonds is 13. The predicted molar refractivity (Wildman–Crippen MR) is 154 cm³/mol. The van der Waals surface area contributed by atoms with Crippen LogP contribution >= 0.6 is 0 Å². The number of fused-ring (bicyclic) bond motifs is 5. The van der Waals surface area contributed by atoms with E-state index in [2.05, 4.69) is 27.7 Å². The Labute approximate surface area is 235 Å². The second-order valence-electron chi connectivity index (χ2n) is 11.7. The molecular formula is C31H41N3O6. The summed E-state index contributed by atoms with van der Waals surface area (Å²) in [4.78, 5) is 36.1. The zero-order chi connectivity index (χ0) is 28.9. The molecule has 4 rings (SSSR count). The van der Waals surface area contributed by atoms with Crippen molar-refractivity contribution in [1.82, 2.24) is 14.3 Å². The number of hydrogen-bond acceptors (Lipinski definition) is 6. The number of aromatic carboxylic acids is 1. The van der Waals surface area contributed by atoms with Crippen LogP contribution in [0, 0.1) is 5.41 Å². The summed E-state index contributed by atoms with van der Waals surface area (Å²) >= 11 is 0. The standard InChI is InChI=1S/C31H41N3O6/c1-5-6-16-40-27(36)15-10-8-7-9-11-17-39-25-14-12-13-21-28(25)32-34-20-26(31(2,3)4)33-19-22(30(37)38)24(35)18-23(33)29(21)34/h12-14,18-19,26H,5-11,15-17,20H2,1-4H3,(H,37,38)/t26-/m0/s1. The Morgan fingerprint density at radius 2 is 1.82 bits per heavy atom. The van der Waals surface area contributed by atoms with E-state index < -0.39 is 11.4 Å². The van der Waals surface area contributed by atoms with E-state index in [1.165, 1.54) is 12.3 Å². The van der Waals surface area contributed by atoms with Gasteiger partial charge in [-0.15, -0.1) is 0 Å². The van der Waals surface area contributed by atoms with Gasteiger partial charge in [-0.1, -0.05) is 65.5 Å². The maximum Gasteiger partial charge on any atom is 0.341 e. The largest absolute Gasteiger partial charge is 0.491 e. The molecule has 1 N–H and O–H groups in total. The highest BCUT2D eigenvalue weighted by Gasteiger charge is 2.35. The van der Waals surface area contributed by atoms with E-state index in [4.69, 9.17) is 14.6 Å². The topological polar surface area (TPSA) is 113 Å². The number of ether oxygens (including phenoxy) is 2. The van der Waals surface area contributed by atoms with Crippen LogP contribution in [0.3, 0.4) is 0 Å². The van der Waals surface area contributed by atoms with Crippen LogP contribution < -0.4 is 10.2 Å². The van der Waals surface area contributed by atoms with Crippen molar-refractivity contribution in [3.8, 4) is 17.1 Å². The molecule has 3 aromatic rings. The summed E-state index contributed by atoms with van der Waals surface area (Å²) in [5, 5.41) is 15.3. The number of benzene rings is 1. The summed E-state index contributed by atoms with van der Waals surface area (Å²) in [6, 6.07) is 7.13. The minimum atomic E-state index is -1.22. The van der Waals surface area contributed by atoms with Gasteiger partial charge < -0.3 is 19.1 Å². The van der Waals surface area contributed by atoms with Crippen LogP contribution in [0.5, 0.6) is 5.75 Å². The molecular weight excluding hydrogens is 510 g/mol. The minimum Gasteiger partial charge on any atom is -0.491 e. The summed E-state index contributed by atoms with van der Waals surface area (Å²) in [5.41, 5.74) is 1.24. The number of carbonyl (C=O) groups is 2. The maximum absolute atomic E-state index is 12.7. The summed E-state index contributed by atoms with van der Waals surface area (Å²) in [5.74, 6) is -0.633. The molecule has 216 valence electrons. The van der Waals surface area contributed by atoms with Crippen molar-refractivity contribution < 1.29 is 24.2 Å². The van der Waals surface area contributed by atoms with Crippen LogP contribution in [-0.2, 0) is 16.1 Å². The normalized spacial score (nSPS) is 14.6. The van der Waals surface area contributed by atoms with E-state index in [0.29, 0.717) is 37.6 Å². The molecule has 3 heterocycles. The number of esters is 1. The average Bonchev–Trinajstić information content (AvgIpc) is 3.28. The summed E-state index contributed by atoms with van der Waals surface area (Å²) in [6.07, 6.45) is 8.68. The van der Waals surface area contributed by atoms with Crippen molar-refractivity contribution in [2.24, 2.45) is 5.41 Å². The van der Waals surface area contributed by atoms with Crippen molar-refractivity contribution >= 4 is 22.8 Å². The highest BCUT2D eigenvalue weighted by Crippen LogP contribution is 2.43. The van der Waals surface area contributed by atoms with E-state index in [-0.39, 0.29) is 23.0 Å². The fraction of sp³-hybridized carbons (Fsp3) is 0.548. The number of aromatic nitrogens is 3. The third-order valence-electron chi connectivity index (χ3n) is 7.51. The molecule has 1 aliphatic rings. The smallest absolute Gasteiger partial charge is 0.341 e. The Morgan fingerprint density at radius 3 is 2.55 bits per heavy atom. The second kappa shape index (κ2) is 12.7. The molecule has 1 aliphatic heterocycles. The first-order valence-corrected chi connectivity index (χ1v) is 14.4. The number of unbranched alkanes of at least 4 members (excludes halogenated alkanes) is 5. The van der Waals surface area contributed by atoms with E-state index in [1.807, 2.05) is 27.4 Å². The molecule has 0 spiro atoms. The third kappa shape index (κ3) is 6.57. The molecule has 2 aromatic heterocycles. The molecule has 40 heavy (non-hydrogen) atoms. The Kier molecular flexibility index (Phi) is 9.32. The lowest BCUT2D eigenvalue weighted by Crippen LogP contribution is -2.35. The van der Waals surface area contributed by atoms with Crippen molar-refractivity contribution in [1.29, 1.82) is 0 Å². The summed E-state index contributed by atoms with van der Waals surface area (Å²) in [7, 11) is 0. The maximum atomic E-state index is 12.7. The molecule has 0 amide bonds. The third-order valence-corrected chi connectivity index (χ3v) is 7.51. The van der Waals surface area contributed by atoms with Gasteiger partial charge in [0.1, 0.15) is 16.8 Å². The van der Waals surface area contributed by atoms with Gasteiger partial charge in [0.05, 0.1) is 37.2 Å². The Morgan fingerprint density at radius 1 is 1.07 bits per heavy atom. The molecule has 0 radical (unpaired) electrons. The predicted octanol–water partition coefficient (Wildman–Crippen LogP) is 6.23. The lowest BCUT2D eigenvalue weighted by molar-refractivity contribution is -0.143. The van der Waals surface area contributed by atoms with E-state index in [0.717, 1.165) is 61.5 Å². The number of carbonyl (C=O) groups excluding carboxylic acids is 1. The number of pyridine rings is 1. The van der Waals surface area contributed by atoms with Crippen LogP contribution in [0.4, 0.5) is 0 Å². The SMILES string of the molecule is CCCCOC(=O)CCCCCCCOc1cccc2c3n(nc12)C[C@@H](C(C)(C)C)n1cc(C(=O)O)c(=O)cc1-3. The van der Waals surface area contributed by atoms with Crippen molar-refractivity contribution in [2.75, 3.05) is 13.2 Å². The van der Waals surface area contributed by atoms with Gasteiger partial charge in [-0.2, -0.15) is 5.10 Å². The van der Waals surface area contributed by atoms with Crippen LogP contribution in [-0.4, -0.2) is 44.6 Å². The molecule has 0 aliphatic carbocycles. The summed E-state index contributed by atoms with van der Waals surface area (Å²) < 4.78 is 15.2. The first-order chi connectivity index (χ1) is 19.1. The molecule has 9 nitrogen and oxygen atoms in total. The molecule has 0 saturated heterocycles. The molecule has 0 bridgehead atoms. The van der Waals surface area contributed by atoms with Gasteiger partial charge in [0.2, 0.25) is 0 Å². The lowest BCUT2D eigenvalue weighted by atomic mass is 9.85. The van der Waals surface area contributed by atoms with Crippen LogP contribution in [0.1, 0.15) is 95.5 Å². The molecule has 1 atom stereocenters. The van der Waals surface area contributed by atoms with Crippen LogP contribution in [0.2, 0.25) is 0 Å². The highest BCUT2D eigenvalue weighted by molar-refractivity contribution is 5.96. The van der Waals surface area contributed by atoms with Crippen molar-refractivity contribution in [3.05, 3.63) is 46.2 Å². The zero-order valence-electron chi connectivity index (χ0n) is 24.1. The van der Waals surface area contributed by atoms with Gasteiger partial charge in [0.15, 0.2) is 5.43 Å². The van der Waals surface area contributed by atoms with E-state index in [9.17, 15) is 19.5 Å². The van der Waals surface area contributed by atoms with Gasteiger partial charge in [-0.05, 0) is 30.7 Å². The van der Waals surface area contributed by atoms with Gasteiger partial charge >= 0.3 is 11.9 Å². The lowest BCUT2D eigenvalue weighted by Gasteiger charge is -2.38. The first kappa shape index (κ1) is 29.4. The number of nitrogens with zero attached hydrogens (tertiary/aromatic N) is 3. The Bertz CT molecular complexity index is 1410. The molecule has 0 unspecified atom stereocenters. The number of carboxylic acid groups (broad SMARTS) is 1. The van der Waals surface area contributed by atoms with E-state index in [1.54, 1.807) is 0 Å². The Hall–Kier alpha value is -3.62. The van der Waals surface area contributed by atoms with Gasteiger partial charge in [0.25, 0.3) is 0 Å². The van der Waals surface area contributed by atoms with Gasteiger partial charge in [0, 0.05) is 24.1 Å². The Balaban J connectivity index is 1.43. The second-order valence-corrected chi connectivity index (χ2v) is 11.7. The molecule has 0 saturated carbocycles. The molecule has 1 aromatic carbocycles. The highest BCUT2D eigenvalue weighted by atomic mass is 16.5. The first-order valence-electron chi connectivity index (χ1n) is 14.4. The van der Waals surface area contributed by atoms with Crippen molar-refractivity contribution in [3.63, 3.8) is 0 Å². The fourth-order valence-corrected chi connectivity index (χ4v) is 5.23. The molecule has 0 fully saturated rings. The van der Waals surface area contributed by atoms with Crippen LogP contribution in [0.25, 0.3) is 22.3 Å². The monoisotopic (exact) mass is 551 g/mol. The van der Waals surface area contributed by atoms with Gasteiger partial charge in [-0.3, -0.25) is 14.3 Å². The molecule has 9 heteroatoms. The quantitative estimate of drug-likeness (QED) is 0.198.